The number of carbonyl (C=O) groups is 16. The molecule has 37 nitrogen and oxygen atoms in total. The number of carboxylic acid groups (broad SMARTS) is 1. The van der Waals surface area contributed by atoms with E-state index >= 15 is 0 Å². The quantitative estimate of drug-likeness (QED) is 0.0293. The lowest BCUT2D eigenvalue weighted by Gasteiger charge is -2.29. The number of carbonyl (C=O) groups excluding carboxylic acids is 15. The number of benzene rings is 3. The highest BCUT2D eigenvalue weighted by Gasteiger charge is 2.38. The average Bonchev–Trinajstić information content (AvgIpc) is 0.828. The summed E-state index contributed by atoms with van der Waals surface area (Å²) in [6.07, 6.45) is -2.10. The minimum Gasteiger partial charge on any atom is -0.508 e. The fourth-order valence-corrected chi connectivity index (χ4v) is 13.7. The third kappa shape index (κ3) is 33.8. The van der Waals surface area contributed by atoms with E-state index in [1.807, 2.05) is 0 Å². The van der Waals surface area contributed by atoms with Gasteiger partial charge in [-0.1, -0.05) is 92.1 Å². The Morgan fingerprint density at radius 3 is 1.31 bits per heavy atom. The number of aliphatic carboxylic acids is 1. The summed E-state index contributed by atoms with van der Waals surface area (Å²) in [6, 6.07) is -2.19. The van der Waals surface area contributed by atoms with E-state index in [0.717, 1.165) is 28.5 Å². The molecule has 25 N–H and O–H groups in total. The average molecular weight is 1610 g/mol. The van der Waals surface area contributed by atoms with Crippen LogP contribution in [0.3, 0.4) is 0 Å². The maximum absolute atomic E-state index is 15.0. The molecule has 1 saturated heterocycles. The van der Waals surface area contributed by atoms with Crippen molar-refractivity contribution in [2.45, 2.75) is 204 Å². The van der Waals surface area contributed by atoms with E-state index in [9.17, 15) is 97.1 Å². The van der Waals surface area contributed by atoms with Gasteiger partial charge in [0.05, 0.1) is 13.0 Å². The third-order valence-electron chi connectivity index (χ3n) is 17.7. The summed E-state index contributed by atoms with van der Waals surface area (Å²) in [4.78, 5) is 223. The van der Waals surface area contributed by atoms with Crippen molar-refractivity contribution in [3.8, 4) is 17.2 Å². The second-order valence-electron chi connectivity index (χ2n) is 27.6. The van der Waals surface area contributed by atoms with E-state index in [1.54, 1.807) is 27.7 Å². The van der Waals surface area contributed by atoms with Gasteiger partial charge >= 0.3 is 5.97 Å². The van der Waals surface area contributed by atoms with Crippen LogP contribution in [0, 0.1) is 11.8 Å². The maximum atomic E-state index is 15.0. The molecule has 15 amide bonds. The predicted molar refractivity (Wildman–Crippen MR) is 412 cm³/mol. The number of nitrogens with one attached hydrogen (secondary N) is 13. The van der Waals surface area contributed by atoms with Crippen LogP contribution in [0.2, 0.25) is 0 Å². The molecule has 3 aromatic rings. The molecule has 616 valence electrons. The zero-order chi connectivity index (χ0) is 83.3. The Bertz CT molecular complexity index is 3730. The molecule has 0 aromatic heterocycles. The summed E-state index contributed by atoms with van der Waals surface area (Å²) in [7, 11) is 1.88. The van der Waals surface area contributed by atoms with Crippen LogP contribution in [0.15, 0.2) is 72.8 Å². The molecule has 0 radical (unpaired) electrons. The highest BCUT2D eigenvalue weighted by Crippen LogP contribution is 2.25. The first kappa shape index (κ1) is 93.6. The van der Waals surface area contributed by atoms with Gasteiger partial charge in [0.25, 0.3) is 0 Å². The van der Waals surface area contributed by atoms with Crippen LogP contribution < -0.4 is 92.1 Å². The molecule has 13 atom stereocenters. The van der Waals surface area contributed by atoms with Crippen molar-refractivity contribution in [3.05, 3.63) is 89.5 Å². The van der Waals surface area contributed by atoms with Crippen LogP contribution in [-0.2, 0) is 96.0 Å². The Morgan fingerprint density at radius 2 is 0.884 bits per heavy atom. The van der Waals surface area contributed by atoms with Crippen molar-refractivity contribution in [1.82, 2.24) is 69.1 Å². The Balaban J connectivity index is 1.87. The van der Waals surface area contributed by atoms with E-state index in [2.05, 4.69) is 69.1 Å². The molecule has 1 aliphatic heterocycles. The molecule has 39 heteroatoms. The van der Waals surface area contributed by atoms with Crippen LogP contribution in [-0.4, -0.2) is 219 Å². The molecule has 0 spiro atoms. The van der Waals surface area contributed by atoms with Crippen LogP contribution >= 0.6 is 21.6 Å². The summed E-state index contributed by atoms with van der Waals surface area (Å²) in [5, 5.41) is 73.4. The topological polar surface area (TPSA) is 615 Å². The fourth-order valence-electron chi connectivity index (χ4n) is 11.3. The molecular weight excluding hydrogens is 1500 g/mol. The first-order valence-electron chi connectivity index (χ1n) is 36.7. The normalized spacial score (nSPS) is 23.8. The number of primary amides is 2. The standard InChI is InChI=1S/C73H107N17O20S2/c1-7-39(4)61-73(110)88-54(33-44-18-24-47(94)25-19-44)70(107)86-52(31-42-14-20-45(92)21-15-42)69(106)83-49(13-9-11-29-75)67(104)87-55(34-60(97)98)64(101)78-35-59(96)81-50(26-27-58(76)95)65(102)79-40(5)63(100)84-51(30-38(2)3)68(105)82-48(12-8-10-28-74)66(103)85-53(32-43-16-22-46(93)23-17-43)71(108)89-56(62(77)99)36-111-112-37-57(72(109)90-61)80-41(6)91/h14-25,38-40,48-57,61,92-94H,7-13,26-37,74-75H2,1-6H3,(H2,76,95)(H2,77,99)(H,78,101)(H,79,102)(H,80,91)(H,81,96)(H,82,105)(H,83,106)(H,84,100)(H,85,103)(H,86,107)(H,87,104)(H,88,110)(H,89,108)(H,90,109)(H,97,98)/t39-,40-,48-,49?,50-,51?,52-,53?,54?,55-,56-,57?,61-/m0/s1. The molecule has 1 fully saturated rings. The van der Waals surface area contributed by atoms with Crippen molar-refractivity contribution >= 4 is 116 Å². The van der Waals surface area contributed by atoms with E-state index in [4.69, 9.17) is 22.9 Å². The second-order valence-corrected chi connectivity index (χ2v) is 30.1. The van der Waals surface area contributed by atoms with E-state index < -0.39 is 199 Å². The first-order chi connectivity index (χ1) is 53.0. The number of hydrogen-bond acceptors (Lipinski definition) is 23. The van der Waals surface area contributed by atoms with E-state index in [1.165, 1.54) is 79.7 Å². The Hall–Kier alpha value is -10.8. The predicted octanol–water partition coefficient (Wildman–Crippen LogP) is -3.22. The zero-order valence-electron chi connectivity index (χ0n) is 63.4. The zero-order valence-corrected chi connectivity index (χ0v) is 65.0. The molecule has 4 rings (SSSR count). The Labute approximate surface area is 656 Å². The molecule has 0 bridgehead atoms. The number of nitrogens with two attached hydrogens (primary N) is 4. The molecule has 5 unspecified atom stereocenters. The Kier molecular flexibility index (Phi) is 40.2. The molecule has 3 aromatic carbocycles. The van der Waals surface area contributed by atoms with Crippen molar-refractivity contribution < 1.29 is 97.1 Å². The highest BCUT2D eigenvalue weighted by molar-refractivity contribution is 8.76. The SMILES string of the molecule is CC[C@H](C)[C@@H]1NC(=O)C(NC(C)=O)CSSC[C@@H](C(N)=O)NC(=O)C(Cc2ccc(O)cc2)NC(=O)[C@H](CCCCN)NC(=O)C(CC(C)C)NC(=O)[C@H](C)NC(=O)[C@H](CCC(N)=O)NC(=O)CNC(=O)[C@H](CC(=O)O)NC(=O)C(CCCCN)NC(=O)[C@H](Cc2ccc(O)cc2)NC(=O)C(Cc2ccc(O)cc2)NC1=O. The van der Waals surface area contributed by atoms with Gasteiger partial charge in [-0.3, -0.25) is 76.7 Å². The summed E-state index contributed by atoms with van der Waals surface area (Å²) < 4.78 is 0. The largest absolute Gasteiger partial charge is 0.508 e. The minimum absolute atomic E-state index is 0.0498. The Morgan fingerprint density at radius 1 is 0.482 bits per heavy atom. The van der Waals surface area contributed by atoms with Crippen LogP contribution in [0.4, 0.5) is 0 Å². The molecule has 1 aliphatic rings. The number of aromatic hydroxyl groups is 3. The smallest absolute Gasteiger partial charge is 0.305 e. The van der Waals surface area contributed by atoms with E-state index in [0.29, 0.717) is 23.1 Å². The van der Waals surface area contributed by atoms with Gasteiger partial charge in [-0.05, 0) is 136 Å². The summed E-state index contributed by atoms with van der Waals surface area (Å²) in [5.41, 5.74) is 24.0. The lowest BCUT2D eigenvalue weighted by Crippen LogP contribution is -2.61. The molecule has 112 heavy (non-hydrogen) atoms. The van der Waals surface area contributed by atoms with Gasteiger partial charge in [0.2, 0.25) is 88.6 Å². The van der Waals surface area contributed by atoms with Crippen LogP contribution in [0.1, 0.15) is 129 Å². The number of unbranched alkanes of at least 4 members (excludes halogenated alkanes) is 2. The molecule has 1 heterocycles. The van der Waals surface area contributed by atoms with Crippen molar-refractivity contribution in [3.63, 3.8) is 0 Å². The first-order valence-corrected chi connectivity index (χ1v) is 39.2. The van der Waals surface area contributed by atoms with Gasteiger partial charge in [0.1, 0.15) is 89.8 Å². The van der Waals surface area contributed by atoms with Crippen molar-refractivity contribution in [1.29, 1.82) is 0 Å². The van der Waals surface area contributed by atoms with Gasteiger partial charge in [-0.15, -0.1) is 0 Å². The summed E-state index contributed by atoms with van der Waals surface area (Å²) in [6.45, 7) is 8.40. The van der Waals surface area contributed by atoms with Gasteiger partial charge < -0.3 is 112 Å². The third-order valence-corrected chi connectivity index (χ3v) is 20.2. The number of amides is 15. The second kappa shape index (κ2) is 48.1. The summed E-state index contributed by atoms with van der Waals surface area (Å²) in [5.74, 6) is -18.4. The number of phenols is 3. The molecule has 0 saturated carbocycles. The number of rotatable bonds is 25. The van der Waals surface area contributed by atoms with Crippen LogP contribution in [0.25, 0.3) is 0 Å². The minimum atomic E-state index is -1.98. The van der Waals surface area contributed by atoms with Crippen LogP contribution in [0.5, 0.6) is 17.2 Å². The fraction of sp³-hybridized carbons (Fsp3) is 0.534. The number of carboxylic acids is 1. The van der Waals surface area contributed by atoms with Crippen molar-refractivity contribution in [2.24, 2.45) is 34.8 Å². The molecular formula is C73H107N17O20S2. The highest BCUT2D eigenvalue weighted by atomic mass is 33.1. The maximum Gasteiger partial charge on any atom is 0.305 e. The van der Waals surface area contributed by atoms with Gasteiger partial charge in [0, 0.05) is 44.1 Å². The lowest BCUT2D eigenvalue weighted by molar-refractivity contribution is -0.141. The monoisotopic (exact) mass is 1610 g/mol. The molecule has 0 aliphatic carbocycles. The van der Waals surface area contributed by atoms with E-state index in [-0.39, 0.29) is 112 Å². The van der Waals surface area contributed by atoms with Gasteiger partial charge in [-0.25, -0.2) is 0 Å². The number of phenolic OH excluding ortho intramolecular Hbond substituents is 3. The summed E-state index contributed by atoms with van der Waals surface area (Å²) >= 11 is 0. The number of hydrogen-bond donors (Lipinski definition) is 21. The van der Waals surface area contributed by atoms with Gasteiger partial charge in [-0.2, -0.15) is 0 Å². The lowest BCUT2D eigenvalue weighted by atomic mass is 9.96. The van der Waals surface area contributed by atoms with Crippen molar-refractivity contribution in [2.75, 3.05) is 31.1 Å². The van der Waals surface area contributed by atoms with Gasteiger partial charge in [0.15, 0.2) is 0 Å².